The van der Waals surface area contributed by atoms with Gasteiger partial charge in [-0.2, -0.15) is 0 Å². The van der Waals surface area contributed by atoms with Gasteiger partial charge in [-0.1, -0.05) is 29.8 Å². The second-order valence-corrected chi connectivity index (χ2v) is 7.73. The lowest BCUT2D eigenvalue weighted by atomic mass is 9.97. The van der Waals surface area contributed by atoms with Crippen molar-refractivity contribution in [2.45, 2.75) is 58.0 Å². The molecule has 1 atom stereocenters. The van der Waals surface area contributed by atoms with E-state index in [1.807, 2.05) is 31.2 Å². The lowest BCUT2D eigenvalue weighted by Crippen LogP contribution is -2.56. The third-order valence-corrected chi connectivity index (χ3v) is 5.62. The van der Waals surface area contributed by atoms with Crippen LogP contribution in [0.4, 0.5) is 0 Å². The minimum Gasteiger partial charge on any atom is -0.494 e. The molecular formula is C23H33N3O3. The first kappa shape index (κ1) is 21.4. The highest BCUT2D eigenvalue weighted by Gasteiger charge is 2.32. The summed E-state index contributed by atoms with van der Waals surface area (Å²) in [6.07, 6.45) is 8.23. The summed E-state index contributed by atoms with van der Waals surface area (Å²) in [6.45, 7) is 5.11. The molecule has 0 saturated carbocycles. The number of piperazine rings is 1. The number of benzene rings is 1. The zero-order valence-electron chi connectivity index (χ0n) is 17.4. The number of hydrogen-bond acceptors (Lipinski definition) is 4. The smallest absolute Gasteiger partial charge is 0.237 e. The van der Waals surface area contributed by atoms with Gasteiger partial charge in [0.05, 0.1) is 19.1 Å². The Kier molecular flexibility index (Phi) is 8.11. The zero-order chi connectivity index (χ0) is 20.5. The molecule has 0 spiro atoms. The van der Waals surface area contributed by atoms with Crippen LogP contribution in [0.5, 0.6) is 5.75 Å². The maximum Gasteiger partial charge on any atom is 0.237 e. The van der Waals surface area contributed by atoms with Gasteiger partial charge in [-0.15, -0.1) is 0 Å². The Morgan fingerprint density at radius 2 is 2.17 bits per heavy atom. The van der Waals surface area contributed by atoms with Crippen molar-refractivity contribution < 1.29 is 14.3 Å². The van der Waals surface area contributed by atoms with Crippen LogP contribution in [0.25, 0.3) is 0 Å². The van der Waals surface area contributed by atoms with Crippen LogP contribution < -0.4 is 15.4 Å². The zero-order valence-corrected chi connectivity index (χ0v) is 17.4. The van der Waals surface area contributed by atoms with Crippen LogP contribution in [0, 0.1) is 0 Å². The molecule has 1 heterocycles. The lowest BCUT2D eigenvalue weighted by molar-refractivity contribution is -0.134. The normalized spacial score (nSPS) is 20.0. The molecule has 0 radical (unpaired) electrons. The highest BCUT2D eigenvalue weighted by Crippen LogP contribution is 2.23. The molecule has 0 unspecified atom stereocenters. The van der Waals surface area contributed by atoms with Gasteiger partial charge in [-0.25, -0.2) is 0 Å². The summed E-state index contributed by atoms with van der Waals surface area (Å²) in [4.78, 5) is 27.1. The standard InChI is InChI=1S/C23H33N3O3/c1-2-29-21-11-7-6-10-19(21)17-26-15-14-25-23(28)20(26)16-22(27)24-13-12-18-8-4-3-5-9-18/h6-8,10-11,20H,2-5,9,12-17H2,1H3,(H,24,27)(H,25,28)/t20-/m0/s1. The number of hydrogen-bond donors (Lipinski definition) is 2. The van der Waals surface area contributed by atoms with Crippen LogP contribution in [0.1, 0.15) is 51.0 Å². The number of para-hydroxylation sites is 1. The molecule has 0 bridgehead atoms. The van der Waals surface area contributed by atoms with E-state index in [0.29, 0.717) is 26.2 Å². The fourth-order valence-electron chi connectivity index (χ4n) is 4.06. The molecule has 2 amide bonds. The Morgan fingerprint density at radius 3 is 2.97 bits per heavy atom. The van der Waals surface area contributed by atoms with E-state index in [9.17, 15) is 9.59 Å². The van der Waals surface area contributed by atoms with Gasteiger partial charge in [0.15, 0.2) is 0 Å². The van der Waals surface area contributed by atoms with Crippen molar-refractivity contribution in [1.29, 1.82) is 0 Å². The van der Waals surface area contributed by atoms with E-state index in [-0.39, 0.29) is 18.2 Å². The molecule has 6 nitrogen and oxygen atoms in total. The number of rotatable bonds is 9. The van der Waals surface area contributed by atoms with Gasteiger partial charge in [0.1, 0.15) is 5.75 Å². The average Bonchev–Trinajstić information content (AvgIpc) is 2.73. The summed E-state index contributed by atoms with van der Waals surface area (Å²) >= 11 is 0. The quantitative estimate of drug-likeness (QED) is 0.627. The first-order valence-corrected chi connectivity index (χ1v) is 10.8. The molecule has 1 aromatic carbocycles. The molecule has 2 N–H and O–H groups in total. The van der Waals surface area contributed by atoms with Crippen LogP contribution in [0.3, 0.4) is 0 Å². The SMILES string of the molecule is CCOc1ccccc1CN1CCNC(=O)[C@@H]1CC(=O)NCCC1=CCCCC1. The van der Waals surface area contributed by atoms with Crippen molar-refractivity contribution in [1.82, 2.24) is 15.5 Å². The van der Waals surface area contributed by atoms with Crippen molar-refractivity contribution in [3.63, 3.8) is 0 Å². The maximum atomic E-state index is 12.5. The summed E-state index contributed by atoms with van der Waals surface area (Å²) < 4.78 is 5.72. The molecule has 3 rings (SSSR count). The number of carbonyl (C=O) groups excluding carboxylic acids is 2. The average molecular weight is 400 g/mol. The lowest BCUT2D eigenvalue weighted by Gasteiger charge is -2.35. The number of nitrogens with zero attached hydrogens (tertiary/aromatic N) is 1. The third-order valence-electron chi connectivity index (χ3n) is 5.62. The predicted octanol–water partition coefficient (Wildman–Crippen LogP) is 2.78. The Hall–Kier alpha value is -2.34. The van der Waals surface area contributed by atoms with Crippen molar-refractivity contribution in [3.05, 3.63) is 41.5 Å². The van der Waals surface area contributed by atoms with Gasteiger partial charge < -0.3 is 15.4 Å². The van der Waals surface area contributed by atoms with Crippen molar-refractivity contribution in [2.24, 2.45) is 0 Å². The maximum absolute atomic E-state index is 12.5. The highest BCUT2D eigenvalue weighted by atomic mass is 16.5. The fourth-order valence-corrected chi connectivity index (χ4v) is 4.06. The van der Waals surface area contributed by atoms with E-state index >= 15 is 0 Å². The minimum absolute atomic E-state index is 0.0634. The summed E-state index contributed by atoms with van der Waals surface area (Å²) in [5.74, 6) is 0.701. The first-order chi connectivity index (χ1) is 14.2. The second-order valence-electron chi connectivity index (χ2n) is 7.73. The van der Waals surface area contributed by atoms with Gasteiger partial charge in [-0.3, -0.25) is 14.5 Å². The Bertz CT molecular complexity index is 732. The largest absolute Gasteiger partial charge is 0.494 e. The number of nitrogens with one attached hydrogen (secondary N) is 2. The molecular weight excluding hydrogens is 366 g/mol. The van der Waals surface area contributed by atoms with Crippen molar-refractivity contribution in [3.8, 4) is 5.75 Å². The van der Waals surface area contributed by atoms with E-state index in [0.717, 1.165) is 37.1 Å². The predicted molar refractivity (Wildman–Crippen MR) is 114 cm³/mol. The number of allylic oxidation sites excluding steroid dienone is 1. The molecule has 1 aliphatic carbocycles. The summed E-state index contributed by atoms with van der Waals surface area (Å²) in [7, 11) is 0. The number of ether oxygens (including phenoxy) is 1. The van der Waals surface area contributed by atoms with Gasteiger partial charge in [0.2, 0.25) is 11.8 Å². The molecule has 1 aliphatic heterocycles. The van der Waals surface area contributed by atoms with Gasteiger partial charge in [0.25, 0.3) is 0 Å². The molecule has 158 valence electrons. The highest BCUT2D eigenvalue weighted by molar-refractivity contribution is 5.88. The van der Waals surface area contributed by atoms with E-state index in [2.05, 4.69) is 21.6 Å². The topological polar surface area (TPSA) is 70.7 Å². The molecule has 29 heavy (non-hydrogen) atoms. The molecule has 6 heteroatoms. The second kappa shape index (κ2) is 11.0. The number of amides is 2. The Morgan fingerprint density at radius 1 is 1.31 bits per heavy atom. The van der Waals surface area contributed by atoms with Crippen molar-refractivity contribution >= 4 is 11.8 Å². The summed E-state index contributed by atoms with van der Waals surface area (Å²) in [5, 5.41) is 5.90. The van der Waals surface area contributed by atoms with Gasteiger partial charge >= 0.3 is 0 Å². The third kappa shape index (κ3) is 6.32. The van der Waals surface area contributed by atoms with Crippen LogP contribution in [-0.2, 0) is 16.1 Å². The van der Waals surface area contributed by atoms with E-state index in [1.54, 1.807) is 0 Å². The van der Waals surface area contributed by atoms with E-state index in [4.69, 9.17) is 4.74 Å². The fraction of sp³-hybridized carbons (Fsp3) is 0.565. The molecule has 0 aromatic heterocycles. The van der Waals surface area contributed by atoms with Gasteiger partial charge in [0, 0.05) is 31.7 Å². The van der Waals surface area contributed by atoms with E-state index < -0.39 is 6.04 Å². The molecule has 1 aromatic rings. The number of carbonyl (C=O) groups is 2. The molecule has 1 saturated heterocycles. The first-order valence-electron chi connectivity index (χ1n) is 10.8. The van der Waals surface area contributed by atoms with Crippen molar-refractivity contribution in [2.75, 3.05) is 26.2 Å². The molecule has 2 aliphatic rings. The van der Waals surface area contributed by atoms with Crippen LogP contribution in [-0.4, -0.2) is 49.0 Å². The minimum atomic E-state index is -0.452. The van der Waals surface area contributed by atoms with Crippen LogP contribution in [0.2, 0.25) is 0 Å². The van der Waals surface area contributed by atoms with E-state index in [1.165, 1.54) is 18.4 Å². The molecule has 1 fully saturated rings. The summed E-state index contributed by atoms with van der Waals surface area (Å²) in [6, 6.07) is 7.44. The van der Waals surface area contributed by atoms with Gasteiger partial charge in [-0.05, 0) is 45.1 Å². The Labute approximate surface area is 173 Å². The van der Waals surface area contributed by atoms with Crippen LogP contribution >= 0.6 is 0 Å². The Balaban J connectivity index is 1.56. The summed E-state index contributed by atoms with van der Waals surface area (Å²) in [5.41, 5.74) is 2.49. The van der Waals surface area contributed by atoms with Crippen LogP contribution in [0.15, 0.2) is 35.9 Å². The monoisotopic (exact) mass is 399 g/mol.